The summed E-state index contributed by atoms with van der Waals surface area (Å²) in [6.07, 6.45) is 0.170. The van der Waals surface area contributed by atoms with E-state index in [0.717, 1.165) is 11.0 Å². The van der Waals surface area contributed by atoms with Crippen LogP contribution in [0, 0.1) is 24.0 Å². The number of hydrogen-bond donors (Lipinski definition) is 1. The van der Waals surface area contributed by atoms with Crippen LogP contribution in [0.2, 0.25) is 0 Å². The first-order valence-corrected chi connectivity index (χ1v) is 18.3. The first-order chi connectivity index (χ1) is 26.9. The quantitative estimate of drug-likeness (QED) is 0.179. The van der Waals surface area contributed by atoms with Gasteiger partial charge in [0, 0.05) is 57.1 Å². The molecule has 4 atom stereocenters. The maximum absolute atomic E-state index is 17.4. The number of likely N-dealkylation sites (tertiary alicyclic amines) is 1. The van der Waals surface area contributed by atoms with E-state index >= 15 is 8.78 Å². The number of carbonyl (C=O) groups is 2. The Morgan fingerprint density at radius 1 is 1.05 bits per heavy atom. The van der Waals surface area contributed by atoms with Crippen molar-refractivity contribution in [1.82, 2.24) is 29.7 Å². The highest BCUT2D eigenvalue weighted by Gasteiger charge is 2.52. The number of fused-ring (bicyclic) bond motifs is 4. The van der Waals surface area contributed by atoms with E-state index in [1.807, 2.05) is 11.9 Å². The summed E-state index contributed by atoms with van der Waals surface area (Å²) >= 11 is 0. The predicted octanol–water partition coefficient (Wildman–Crippen LogP) is 5.49. The van der Waals surface area contributed by atoms with E-state index in [1.165, 1.54) is 23.1 Å². The van der Waals surface area contributed by atoms with Crippen LogP contribution in [0.3, 0.4) is 0 Å². The number of phenols is 1. The number of pyridine rings is 1. The number of piperazine rings is 1. The van der Waals surface area contributed by atoms with Crippen LogP contribution in [0.25, 0.3) is 32.9 Å². The Balaban J connectivity index is 1.38. The van der Waals surface area contributed by atoms with Gasteiger partial charge < -0.3 is 34.0 Å². The number of aromatic nitrogens is 3. The van der Waals surface area contributed by atoms with Gasteiger partial charge in [-0.25, -0.2) is 18.6 Å². The number of alkyl halides is 3. The average Bonchev–Trinajstić information content (AvgIpc) is 3.62. The molecule has 2 aromatic heterocycles. The predicted molar refractivity (Wildman–Crippen MR) is 198 cm³/mol. The molecule has 2 bridgehead atoms. The molecule has 1 N–H and O–H groups in total. The van der Waals surface area contributed by atoms with Crippen LogP contribution in [0.1, 0.15) is 38.7 Å². The summed E-state index contributed by atoms with van der Waals surface area (Å²) in [5.74, 6) is -1.80. The number of hydrogen-bond acceptors (Lipinski definition) is 11. The van der Waals surface area contributed by atoms with Crippen LogP contribution in [0.4, 0.5) is 32.6 Å². The van der Waals surface area contributed by atoms with Crippen LogP contribution in [0.5, 0.6) is 17.6 Å². The third kappa shape index (κ3) is 7.47. The van der Waals surface area contributed by atoms with Crippen molar-refractivity contribution in [3.63, 3.8) is 0 Å². The second-order valence-corrected chi connectivity index (χ2v) is 15.0. The number of anilines is 1. The SMILES string of the molecule is C#Cc1c(F)ccc2cc(O)cc(-c3nc(OC(C)C)c4c(N5CC6CCC(C5)N6C(=O)C(F)(F)F)nc(OC[C@@H]5C[C@@H](OC(=O)N(C)C)CN5C)nc4c3F)c12. The fourth-order valence-electron chi connectivity index (χ4n) is 7.92. The minimum atomic E-state index is -5.07. The number of nitrogens with zero attached hydrogens (tertiary/aromatic N) is 7. The molecule has 4 aromatic rings. The van der Waals surface area contributed by atoms with Gasteiger partial charge in [-0.2, -0.15) is 23.1 Å². The summed E-state index contributed by atoms with van der Waals surface area (Å²) in [5, 5.41) is 11.1. The maximum atomic E-state index is 17.4. The van der Waals surface area contributed by atoms with Crippen LogP contribution >= 0.6 is 0 Å². The Labute approximate surface area is 324 Å². The van der Waals surface area contributed by atoms with Crippen LogP contribution in [0.15, 0.2) is 24.3 Å². The molecule has 0 spiro atoms. The molecule has 2 aromatic carbocycles. The smallest absolute Gasteiger partial charge is 0.471 e. The molecule has 3 aliphatic rings. The Bertz CT molecular complexity index is 2290. The highest BCUT2D eigenvalue weighted by molar-refractivity contribution is 6.04. The summed E-state index contributed by atoms with van der Waals surface area (Å²) in [6, 6.07) is 2.83. The zero-order chi connectivity index (χ0) is 41.1. The highest BCUT2D eigenvalue weighted by Crippen LogP contribution is 2.44. The number of carbonyl (C=O) groups excluding carboxylic acids is 2. The minimum Gasteiger partial charge on any atom is -0.508 e. The van der Waals surface area contributed by atoms with E-state index in [2.05, 4.69) is 20.9 Å². The largest absolute Gasteiger partial charge is 0.508 e. The van der Waals surface area contributed by atoms with Gasteiger partial charge >= 0.3 is 24.2 Å². The zero-order valence-corrected chi connectivity index (χ0v) is 31.7. The van der Waals surface area contributed by atoms with E-state index < -0.39 is 59.8 Å². The number of rotatable bonds is 8. The maximum Gasteiger partial charge on any atom is 0.471 e. The number of terminal acetylenes is 1. The van der Waals surface area contributed by atoms with E-state index in [4.69, 9.17) is 20.6 Å². The third-order valence-corrected chi connectivity index (χ3v) is 10.5. The lowest BCUT2D eigenvalue weighted by Crippen LogP contribution is -2.59. The van der Waals surface area contributed by atoms with Crippen molar-refractivity contribution in [2.24, 2.45) is 0 Å². The molecule has 0 saturated carbocycles. The molecule has 5 heterocycles. The van der Waals surface area contributed by atoms with Gasteiger partial charge in [-0.1, -0.05) is 12.0 Å². The molecular formula is C39H40F5N7O6. The fraction of sp³-hybridized carbons (Fsp3) is 0.462. The van der Waals surface area contributed by atoms with Crippen LogP contribution < -0.4 is 14.4 Å². The molecular weight excluding hydrogens is 757 g/mol. The number of halogens is 5. The molecule has 302 valence electrons. The summed E-state index contributed by atoms with van der Waals surface area (Å²) < 4.78 is 91.3. The Morgan fingerprint density at radius 2 is 1.75 bits per heavy atom. The molecule has 2 unspecified atom stereocenters. The molecule has 7 rings (SSSR count). The first-order valence-electron chi connectivity index (χ1n) is 18.3. The lowest BCUT2D eigenvalue weighted by molar-refractivity contribution is -0.188. The van der Waals surface area contributed by atoms with Gasteiger partial charge in [-0.05, 0) is 57.3 Å². The Morgan fingerprint density at radius 3 is 2.39 bits per heavy atom. The molecule has 3 fully saturated rings. The van der Waals surface area contributed by atoms with Crippen molar-refractivity contribution in [3.05, 3.63) is 41.5 Å². The normalized spacial score (nSPS) is 21.0. The van der Waals surface area contributed by atoms with Crippen LogP contribution in [-0.4, -0.2) is 131 Å². The van der Waals surface area contributed by atoms with E-state index in [-0.39, 0.29) is 76.6 Å². The molecule has 2 amide bonds. The van der Waals surface area contributed by atoms with Gasteiger partial charge in [-0.15, -0.1) is 6.42 Å². The monoisotopic (exact) mass is 797 g/mol. The molecule has 57 heavy (non-hydrogen) atoms. The number of amides is 2. The van der Waals surface area contributed by atoms with Crippen LogP contribution in [-0.2, 0) is 9.53 Å². The number of phenolic OH excluding ortho intramolecular Hbond substituents is 1. The van der Waals surface area contributed by atoms with Gasteiger partial charge in [0.15, 0.2) is 5.82 Å². The van der Waals surface area contributed by atoms with Crippen molar-refractivity contribution >= 4 is 39.5 Å². The number of aromatic hydroxyl groups is 1. The summed E-state index contributed by atoms with van der Waals surface area (Å²) in [5.41, 5.74) is -0.987. The number of likely N-dealkylation sites (N-methyl/N-ethyl adjacent to an activating group) is 1. The summed E-state index contributed by atoms with van der Waals surface area (Å²) in [4.78, 5) is 44.2. The summed E-state index contributed by atoms with van der Waals surface area (Å²) in [7, 11) is 4.97. The van der Waals surface area contributed by atoms with Crippen molar-refractivity contribution < 1.29 is 50.9 Å². The van der Waals surface area contributed by atoms with E-state index in [9.17, 15) is 27.9 Å². The molecule has 0 aliphatic carbocycles. The van der Waals surface area contributed by atoms with Gasteiger partial charge in [-0.3, -0.25) is 9.69 Å². The van der Waals surface area contributed by atoms with Crippen molar-refractivity contribution in [2.75, 3.05) is 52.3 Å². The molecule has 18 heteroatoms. The van der Waals surface area contributed by atoms with Gasteiger partial charge in [0.1, 0.15) is 46.7 Å². The lowest BCUT2D eigenvalue weighted by Gasteiger charge is -2.42. The van der Waals surface area contributed by atoms with E-state index in [0.29, 0.717) is 31.2 Å². The fourth-order valence-corrected chi connectivity index (χ4v) is 7.92. The zero-order valence-electron chi connectivity index (χ0n) is 31.7. The van der Waals surface area contributed by atoms with Crippen molar-refractivity contribution in [3.8, 4) is 41.2 Å². The first kappa shape index (κ1) is 39.5. The second kappa shape index (κ2) is 15.0. The summed E-state index contributed by atoms with van der Waals surface area (Å²) in [6.45, 7) is 3.63. The molecule has 3 aliphatic heterocycles. The number of benzene rings is 2. The molecule has 13 nitrogen and oxygen atoms in total. The number of ether oxygens (including phenoxy) is 3. The molecule has 3 saturated heterocycles. The van der Waals surface area contributed by atoms with Gasteiger partial charge in [0.2, 0.25) is 5.88 Å². The van der Waals surface area contributed by atoms with Gasteiger partial charge in [0.05, 0.1) is 23.8 Å². The Kier molecular flexibility index (Phi) is 10.4. The average molecular weight is 798 g/mol. The Hall–Kier alpha value is -5.70. The van der Waals surface area contributed by atoms with Crippen molar-refractivity contribution in [2.45, 2.75) is 69.6 Å². The highest BCUT2D eigenvalue weighted by atomic mass is 19.4. The molecule has 0 radical (unpaired) electrons. The topological polar surface area (TPSA) is 134 Å². The third-order valence-electron chi connectivity index (χ3n) is 10.5. The second-order valence-electron chi connectivity index (χ2n) is 15.0. The van der Waals surface area contributed by atoms with Crippen molar-refractivity contribution in [1.29, 1.82) is 0 Å². The van der Waals surface area contributed by atoms with Gasteiger partial charge in [0.25, 0.3) is 0 Å². The standard InChI is InChI=1S/C39H40F5N7O6/c1-7-26-28(40)11-8-20-12-24(52)14-27(29(20)26)32-31(41)33-30(35(45-32)56-19(2)3)34(50-15-21-9-10-22(16-50)51(21)36(53)39(42,43)44)47-37(46-33)55-18-23-13-25(17-49(23)6)57-38(54)48(4)5/h1,8,11-12,14,19,21-23,25,52H,9-10,13,15-18H2,2-6H3/t21?,22?,23-,25+/m0/s1. The lowest BCUT2D eigenvalue weighted by atomic mass is 9.95. The minimum absolute atomic E-state index is 0.0197. The van der Waals surface area contributed by atoms with E-state index in [1.54, 1.807) is 32.8 Å².